The van der Waals surface area contributed by atoms with E-state index in [1.807, 2.05) is 12.1 Å². The summed E-state index contributed by atoms with van der Waals surface area (Å²) in [5, 5.41) is 10.5. The summed E-state index contributed by atoms with van der Waals surface area (Å²) < 4.78 is 17.0. The molecule has 1 aromatic rings. The van der Waals surface area contributed by atoms with Gasteiger partial charge in [0.05, 0.1) is 20.3 Å². The Balaban J connectivity index is 2.30. The summed E-state index contributed by atoms with van der Waals surface area (Å²) in [5.41, 5.74) is 0.724. The van der Waals surface area contributed by atoms with Crippen molar-refractivity contribution in [3.05, 3.63) is 22.2 Å². The highest BCUT2D eigenvalue weighted by molar-refractivity contribution is 9.10. The molecule has 0 spiro atoms. The molecule has 1 fully saturated rings. The van der Waals surface area contributed by atoms with Gasteiger partial charge in [-0.15, -0.1) is 0 Å². The second kappa shape index (κ2) is 6.59. The van der Waals surface area contributed by atoms with E-state index in [4.69, 9.17) is 14.2 Å². The van der Waals surface area contributed by atoms with Gasteiger partial charge in [-0.2, -0.15) is 0 Å². The first-order chi connectivity index (χ1) is 9.19. The van der Waals surface area contributed by atoms with Crippen molar-refractivity contribution in [1.82, 2.24) is 0 Å². The number of hydrogen-bond donors (Lipinski definition) is 1. The minimum Gasteiger partial charge on any atom is -0.495 e. The molecule has 4 nitrogen and oxygen atoms in total. The summed E-state index contributed by atoms with van der Waals surface area (Å²) in [4.78, 5) is 0. The van der Waals surface area contributed by atoms with Crippen molar-refractivity contribution in [3.8, 4) is 11.5 Å². The van der Waals surface area contributed by atoms with Crippen LogP contribution < -0.4 is 9.47 Å². The molecular formula is C14H19BrO4. The van der Waals surface area contributed by atoms with Gasteiger partial charge in [0.2, 0.25) is 0 Å². The van der Waals surface area contributed by atoms with Gasteiger partial charge < -0.3 is 19.3 Å². The van der Waals surface area contributed by atoms with Crippen LogP contribution >= 0.6 is 15.9 Å². The standard InChI is InChI=1S/C14H19BrO4/c1-17-10-7-6-9(14(18-2)12(10)15)13(16)11-5-3-4-8-19-11/h6-7,11,13,16H,3-5,8H2,1-2H3. The molecule has 1 heterocycles. The monoisotopic (exact) mass is 330 g/mol. The minimum atomic E-state index is -0.683. The van der Waals surface area contributed by atoms with Gasteiger partial charge in [0.15, 0.2) is 0 Å². The van der Waals surface area contributed by atoms with Crippen LogP contribution in [0.1, 0.15) is 30.9 Å². The molecule has 0 bridgehead atoms. The lowest BCUT2D eigenvalue weighted by molar-refractivity contribution is -0.0640. The van der Waals surface area contributed by atoms with Crippen molar-refractivity contribution < 1.29 is 19.3 Å². The molecule has 0 aromatic heterocycles. The highest BCUT2D eigenvalue weighted by Gasteiger charge is 2.28. The van der Waals surface area contributed by atoms with Crippen LogP contribution in [-0.2, 0) is 4.74 Å². The predicted octanol–water partition coefficient (Wildman–Crippen LogP) is 3.07. The second-order valence-electron chi connectivity index (χ2n) is 4.55. The molecular weight excluding hydrogens is 312 g/mol. The first-order valence-corrected chi connectivity index (χ1v) is 7.18. The Hall–Kier alpha value is -0.780. The molecule has 5 heteroatoms. The molecule has 2 atom stereocenters. The zero-order valence-corrected chi connectivity index (χ0v) is 12.8. The summed E-state index contributed by atoms with van der Waals surface area (Å²) in [7, 11) is 3.18. The number of hydrogen-bond acceptors (Lipinski definition) is 4. The molecule has 2 rings (SSSR count). The van der Waals surface area contributed by atoms with E-state index >= 15 is 0 Å². The van der Waals surface area contributed by atoms with Crippen LogP contribution in [0.15, 0.2) is 16.6 Å². The van der Waals surface area contributed by atoms with E-state index in [0.717, 1.165) is 24.8 Å². The van der Waals surface area contributed by atoms with Crippen molar-refractivity contribution in [2.45, 2.75) is 31.5 Å². The maximum Gasteiger partial charge on any atom is 0.142 e. The SMILES string of the molecule is COc1ccc(C(O)C2CCCCO2)c(OC)c1Br. The third-order valence-corrected chi connectivity index (χ3v) is 4.15. The van der Waals surface area contributed by atoms with Gasteiger partial charge in [0.1, 0.15) is 22.1 Å². The normalized spacial score (nSPS) is 20.9. The highest BCUT2D eigenvalue weighted by atomic mass is 79.9. The molecule has 0 radical (unpaired) electrons. The molecule has 1 saturated heterocycles. The van der Waals surface area contributed by atoms with Gasteiger partial charge in [-0.05, 0) is 47.3 Å². The number of rotatable bonds is 4. The van der Waals surface area contributed by atoms with Crippen molar-refractivity contribution in [2.75, 3.05) is 20.8 Å². The largest absolute Gasteiger partial charge is 0.495 e. The minimum absolute atomic E-state index is 0.164. The molecule has 1 N–H and O–H groups in total. The molecule has 0 aliphatic carbocycles. The second-order valence-corrected chi connectivity index (χ2v) is 5.35. The summed E-state index contributed by atoms with van der Waals surface area (Å²) >= 11 is 3.44. The average molecular weight is 331 g/mol. The van der Waals surface area contributed by atoms with Crippen molar-refractivity contribution >= 4 is 15.9 Å². The van der Waals surface area contributed by atoms with E-state index in [0.29, 0.717) is 22.6 Å². The molecule has 19 heavy (non-hydrogen) atoms. The average Bonchev–Trinajstić information content (AvgIpc) is 2.47. The lowest BCUT2D eigenvalue weighted by Gasteiger charge is -2.28. The van der Waals surface area contributed by atoms with E-state index in [2.05, 4.69) is 15.9 Å². The molecule has 1 aromatic carbocycles. The Labute approximate surface area is 121 Å². The number of benzene rings is 1. The summed E-state index contributed by atoms with van der Waals surface area (Å²) in [6, 6.07) is 3.64. The van der Waals surface area contributed by atoms with Gasteiger partial charge in [-0.25, -0.2) is 0 Å². The van der Waals surface area contributed by atoms with Crippen LogP contribution in [0.5, 0.6) is 11.5 Å². The fourth-order valence-corrected chi connectivity index (χ4v) is 3.05. The van der Waals surface area contributed by atoms with Crippen LogP contribution in [0.2, 0.25) is 0 Å². The maximum absolute atomic E-state index is 10.5. The van der Waals surface area contributed by atoms with Gasteiger partial charge in [0, 0.05) is 12.2 Å². The van der Waals surface area contributed by atoms with E-state index in [9.17, 15) is 5.11 Å². The molecule has 0 saturated carbocycles. The smallest absolute Gasteiger partial charge is 0.142 e. The van der Waals surface area contributed by atoms with Gasteiger partial charge in [-0.3, -0.25) is 0 Å². The Morgan fingerprint density at radius 1 is 1.32 bits per heavy atom. The topological polar surface area (TPSA) is 47.9 Å². The highest BCUT2D eigenvalue weighted by Crippen LogP contribution is 2.41. The lowest BCUT2D eigenvalue weighted by atomic mass is 9.97. The first-order valence-electron chi connectivity index (χ1n) is 6.39. The third kappa shape index (κ3) is 3.04. The van der Waals surface area contributed by atoms with E-state index in [1.54, 1.807) is 14.2 Å². The Kier molecular flexibility index (Phi) is 5.07. The van der Waals surface area contributed by atoms with Crippen LogP contribution in [-0.4, -0.2) is 32.0 Å². The van der Waals surface area contributed by atoms with Crippen LogP contribution in [0.3, 0.4) is 0 Å². The molecule has 1 aliphatic rings. The molecule has 0 amide bonds. The van der Waals surface area contributed by atoms with E-state index in [1.165, 1.54) is 0 Å². The quantitative estimate of drug-likeness (QED) is 0.921. The number of ether oxygens (including phenoxy) is 3. The summed E-state index contributed by atoms with van der Waals surface area (Å²) in [5.74, 6) is 1.28. The first kappa shape index (κ1) is 14.6. The van der Waals surface area contributed by atoms with Crippen molar-refractivity contribution in [2.24, 2.45) is 0 Å². The van der Waals surface area contributed by atoms with Gasteiger partial charge >= 0.3 is 0 Å². The van der Waals surface area contributed by atoms with E-state index in [-0.39, 0.29) is 6.10 Å². The molecule has 1 aliphatic heterocycles. The van der Waals surface area contributed by atoms with E-state index < -0.39 is 6.10 Å². The van der Waals surface area contributed by atoms with Gasteiger partial charge in [0.25, 0.3) is 0 Å². The van der Waals surface area contributed by atoms with Crippen molar-refractivity contribution in [3.63, 3.8) is 0 Å². The maximum atomic E-state index is 10.5. The van der Waals surface area contributed by atoms with Crippen LogP contribution in [0.4, 0.5) is 0 Å². The number of halogens is 1. The van der Waals surface area contributed by atoms with Crippen LogP contribution in [0, 0.1) is 0 Å². The third-order valence-electron chi connectivity index (χ3n) is 3.40. The fraction of sp³-hybridized carbons (Fsp3) is 0.571. The summed E-state index contributed by atoms with van der Waals surface area (Å²) in [6.07, 6.45) is 2.17. The summed E-state index contributed by atoms with van der Waals surface area (Å²) in [6.45, 7) is 0.710. The zero-order valence-electron chi connectivity index (χ0n) is 11.2. The fourth-order valence-electron chi connectivity index (χ4n) is 2.37. The number of methoxy groups -OCH3 is 2. The molecule has 2 unspecified atom stereocenters. The Morgan fingerprint density at radius 2 is 2.11 bits per heavy atom. The Bertz CT molecular complexity index is 430. The molecule has 106 valence electrons. The Morgan fingerprint density at radius 3 is 2.68 bits per heavy atom. The predicted molar refractivity (Wildman–Crippen MR) is 75.8 cm³/mol. The lowest BCUT2D eigenvalue weighted by Crippen LogP contribution is -2.26. The van der Waals surface area contributed by atoms with Gasteiger partial charge in [-0.1, -0.05) is 0 Å². The number of aliphatic hydroxyl groups is 1. The zero-order chi connectivity index (χ0) is 13.8. The van der Waals surface area contributed by atoms with Crippen LogP contribution in [0.25, 0.3) is 0 Å². The van der Waals surface area contributed by atoms with Crippen molar-refractivity contribution in [1.29, 1.82) is 0 Å². The number of aliphatic hydroxyl groups excluding tert-OH is 1.